The molecule has 0 bridgehead atoms. The number of anilines is 1. The van der Waals surface area contributed by atoms with Gasteiger partial charge < -0.3 is 5.32 Å². The van der Waals surface area contributed by atoms with E-state index in [0.29, 0.717) is 11.3 Å². The zero-order valence-corrected chi connectivity index (χ0v) is 21.1. The Bertz CT molecular complexity index is 1460. The van der Waals surface area contributed by atoms with Crippen molar-refractivity contribution in [2.75, 3.05) is 4.31 Å². The number of fused-ring (bicyclic) bond motifs is 2. The van der Waals surface area contributed by atoms with Gasteiger partial charge in [0.05, 0.1) is 24.2 Å². The maximum Gasteiger partial charge on any atom is 0.262 e. The van der Waals surface area contributed by atoms with E-state index in [1.807, 2.05) is 84.9 Å². The summed E-state index contributed by atoms with van der Waals surface area (Å²) in [6, 6.07) is 27.5. The van der Waals surface area contributed by atoms with E-state index in [1.165, 1.54) is 4.31 Å². The van der Waals surface area contributed by atoms with Gasteiger partial charge in [-0.05, 0) is 64.9 Å². The molecule has 0 spiro atoms. The Morgan fingerprint density at radius 3 is 2.51 bits per heavy atom. The van der Waals surface area contributed by atoms with Crippen LogP contribution in [0.1, 0.15) is 58.4 Å². The van der Waals surface area contributed by atoms with Crippen molar-refractivity contribution < 1.29 is 18.4 Å². The molecule has 188 valence electrons. The zero-order chi connectivity index (χ0) is 25.8. The summed E-state index contributed by atoms with van der Waals surface area (Å²) >= 11 is -2.37. The summed E-state index contributed by atoms with van der Waals surface area (Å²) in [5, 5.41) is 5.12. The Hall–Kier alpha value is -3.81. The first-order valence-corrected chi connectivity index (χ1v) is 13.4. The SMILES string of the molecule is O=Cc1ccc2c(c1)CCCC2NC(=O)CC(c1ccccc1)N(c1ccc2ccccc2c1)S(=O)O. The molecule has 0 aliphatic heterocycles. The number of carbonyl (C=O) groups is 2. The molecule has 0 saturated heterocycles. The molecular weight excluding hydrogens is 484 g/mol. The summed E-state index contributed by atoms with van der Waals surface area (Å²) in [4.78, 5) is 24.6. The van der Waals surface area contributed by atoms with E-state index < -0.39 is 17.3 Å². The van der Waals surface area contributed by atoms with E-state index in [0.717, 1.165) is 53.0 Å². The Morgan fingerprint density at radius 2 is 1.76 bits per heavy atom. The lowest BCUT2D eigenvalue weighted by Crippen LogP contribution is -2.37. The minimum absolute atomic E-state index is 0.00138. The predicted octanol–water partition coefficient (Wildman–Crippen LogP) is 5.92. The maximum absolute atomic E-state index is 13.4. The lowest BCUT2D eigenvalue weighted by Gasteiger charge is -2.32. The summed E-state index contributed by atoms with van der Waals surface area (Å²) < 4.78 is 24.5. The average molecular weight is 513 g/mol. The van der Waals surface area contributed by atoms with Crippen molar-refractivity contribution >= 4 is 39.9 Å². The number of hydrogen-bond donors (Lipinski definition) is 2. The van der Waals surface area contributed by atoms with Crippen LogP contribution in [0.4, 0.5) is 5.69 Å². The average Bonchev–Trinajstić information content (AvgIpc) is 2.92. The summed E-state index contributed by atoms with van der Waals surface area (Å²) in [7, 11) is 0. The van der Waals surface area contributed by atoms with E-state index in [-0.39, 0.29) is 18.4 Å². The highest BCUT2D eigenvalue weighted by molar-refractivity contribution is 7.80. The monoisotopic (exact) mass is 512 g/mol. The van der Waals surface area contributed by atoms with E-state index >= 15 is 0 Å². The summed E-state index contributed by atoms with van der Waals surface area (Å²) in [6.45, 7) is 0. The van der Waals surface area contributed by atoms with Crippen LogP contribution in [0.5, 0.6) is 0 Å². The highest BCUT2D eigenvalue weighted by Crippen LogP contribution is 2.34. The van der Waals surface area contributed by atoms with E-state index in [1.54, 1.807) is 6.07 Å². The van der Waals surface area contributed by atoms with Gasteiger partial charge in [0.15, 0.2) is 0 Å². The van der Waals surface area contributed by atoms with Crippen molar-refractivity contribution in [1.82, 2.24) is 5.32 Å². The van der Waals surface area contributed by atoms with Crippen molar-refractivity contribution in [3.8, 4) is 0 Å². The molecule has 1 aliphatic carbocycles. The molecule has 37 heavy (non-hydrogen) atoms. The summed E-state index contributed by atoms with van der Waals surface area (Å²) in [5.41, 5.74) is 4.07. The summed E-state index contributed by atoms with van der Waals surface area (Å²) in [6.07, 6.45) is 3.42. The Balaban J connectivity index is 1.45. The molecule has 0 saturated carbocycles. The first-order chi connectivity index (χ1) is 18.0. The van der Waals surface area contributed by atoms with Crippen molar-refractivity contribution in [1.29, 1.82) is 0 Å². The predicted molar refractivity (Wildman–Crippen MR) is 147 cm³/mol. The van der Waals surface area contributed by atoms with Crippen molar-refractivity contribution in [3.63, 3.8) is 0 Å². The number of nitrogens with one attached hydrogen (secondary N) is 1. The Kier molecular flexibility index (Phi) is 7.44. The molecule has 3 unspecified atom stereocenters. The quantitative estimate of drug-likeness (QED) is 0.227. The molecule has 2 N–H and O–H groups in total. The summed E-state index contributed by atoms with van der Waals surface area (Å²) in [5.74, 6) is -0.206. The second-order valence-electron chi connectivity index (χ2n) is 9.31. The standard InChI is InChI=1S/C30H28N2O4S/c33-20-21-13-16-27-25(17-21)11-6-12-28(27)31-30(34)19-29(23-8-2-1-3-9-23)32(37(35)36)26-15-14-22-7-4-5-10-24(22)18-26/h1-5,7-10,13-18,20,28-29H,6,11-12,19H2,(H,31,34)(H,35,36). The van der Waals surface area contributed by atoms with Gasteiger partial charge in [-0.25, -0.2) is 4.21 Å². The van der Waals surface area contributed by atoms with Crippen LogP contribution in [0.2, 0.25) is 0 Å². The Labute approximate surface area is 218 Å². The van der Waals surface area contributed by atoms with Gasteiger partial charge in [0.2, 0.25) is 5.91 Å². The molecule has 6 nitrogen and oxygen atoms in total. The van der Waals surface area contributed by atoms with Crippen molar-refractivity contribution in [2.24, 2.45) is 0 Å². The van der Waals surface area contributed by atoms with Gasteiger partial charge in [0, 0.05) is 5.56 Å². The third kappa shape index (κ3) is 5.48. The number of rotatable bonds is 8. The van der Waals surface area contributed by atoms with Crippen LogP contribution in [0.3, 0.4) is 0 Å². The number of aryl methyl sites for hydroxylation is 1. The van der Waals surface area contributed by atoms with Gasteiger partial charge in [-0.1, -0.05) is 72.8 Å². The van der Waals surface area contributed by atoms with Gasteiger partial charge in [-0.15, -0.1) is 0 Å². The van der Waals surface area contributed by atoms with E-state index in [4.69, 9.17) is 0 Å². The number of nitrogens with zero attached hydrogens (tertiary/aromatic N) is 1. The molecule has 1 amide bonds. The first-order valence-electron chi connectivity index (χ1n) is 12.3. The molecule has 3 atom stereocenters. The van der Waals surface area contributed by atoms with Gasteiger partial charge in [-0.2, -0.15) is 0 Å². The van der Waals surface area contributed by atoms with Crippen molar-refractivity contribution in [3.05, 3.63) is 113 Å². The highest BCUT2D eigenvalue weighted by atomic mass is 32.2. The fraction of sp³-hybridized carbons (Fsp3) is 0.200. The van der Waals surface area contributed by atoms with Crippen LogP contribution in [-0.2, 0) is 22.5 Å². The second kappa shape index (κ2) is 11.1. The minimum atomic E-state index is -2.37. The van der Waals surface area contributed by atoms with Crippen LogP contribution in [0.15, 0.2) is 91.0 Å². The molecule has 4 aromatic rings. The molecule has 0 fully saturated rings. The Morgan fingerprint density at radius 1 is 1.00 bits per heavy atom. The molecular formula is C30H28N2O4S. The fourth-order valence-electron chi connectivity index (χ4n) is 5.19. The largest absolute Gasteiger partial charge is 0.349 e. The topological polar surface area (TPSA) is 86.7 Å². The fourth-order valence-corrected chi connectivity index (χ4v) is 5.90. The van der Waals surface area contributed by atoms with Crippen LogP contribution in [-0.4, -0.2) is 21.0 Å². The zero-order valence-electron chi connectivity index (χ0n) is 20.2. The normalized spacial score (nSPS) is 16.4. The molecule has 7 heteroatoms. The number of amides is 1. The smallest absolute Gasteiger partial charge is 0.262 e. The first kappa shape index (κ1) is 24.9. The highest BCUT2D eigenvalue weighted by Gasteiger charge is 2.30. The van der Waals surface area contributed by atoms with Crippen LogP contribution in [0, 0.1) is 0 Å². The number of aldehydes is 1. The number of carbonyl (C=O) groups excluding carboxylic acids is 2. The van der Waals surface area contributed by atoms with Crippen LogP contribution < -0.4 is 9.62 Å². The molecule has 0 radical (unpaired) electrons. The van der Waals surface area contributed by atoms with Crippen LogP contribution >= 0.6 is 0 Å². The molecule has 0 aromatic heterocycles. The lowest BCUT2D eigenvalue weighted by atomic mass is 9.86. The molecule has 1 aliphatic rings. The lowest BCUT2D eigenvalue weighted by molar-refractivity contribution is -0.122. The maximum atomic E-state index is 13.4. The molecule has 0 heterocycles. The van der Waals surface area contributed by atoms with Crippen LogP contribution in [0.25, 0.3) is 10.8 Å². The van der Waals surface area contributed by atoms with Crippen molar-refractivity contribution in [2.45, 2.75) is 37.8 Å². The molecule has 5 rings (SSSR count). The molecule has 4 aromatic carbocycles. The van der Waals surface area contributed by atoms with Gasteiger partial charge in [-0.3, -0.25) is 18.4 Å². The van der Waals surface area contributed by atoms with Gasteiger partial charge in [0.25, 0.3) is 11.3 Å². The van der Waals surface area contributed by atoms with Gasteiger partial charge >= 0.3 is 0 Å². The van der Waals surface area contributed by atoms with Gasteiger partial charge in [0.1, 0.15) is 6.29 Å². The number of benzene rings is 4. The number of hydrogen-bond acceptors (Lipinski definition) is 3. The third-order valence-electron chi connectivity index (χ3n) is 6.95. The van der Waals surface area contributed by atoms with E-state index in [9.17, 15) is 18.4 Å². The minimum Gasteiger partial charge on any atom is -0.349 e. The van der Waals surface area contributed by atoms with E-state index in [2.05, 4.69) is 5.32 Å². The second-order valence-corrected chi connectivity index (χ2v) is 10.2. The third-order valence-corrected chi connectivity index (χ3v) is 7.76.